The van der Waals surface area contributed by atoms with E-state index in [2.05, 4.69) is 5.32 Å². The lowest BCUT2D eigenvalue weighted by molar-refractivity contribution is 0.0145. The average molecular weight is 180 g/mol. The third-order valence-electron chi connectivity index (χ3n) is 2.41. The van der Waals surface area contributed by atoms with Crippen molar-refractivity contribution in [2.75, 3.05) is 19.7 Å². The van der Waals surface area contributed by atoms with Gasteiger partial charge in [-0.2, -0.15) is 0 Å². The van der Waals surface area contributed by atoms with Gasteiger partial charge in [-0.15, -0.1) is 12.4 Å². The normalized spacial score (nSPS) is 41.7. The summed E-state index contributed by atoms with van der Waals surface area (Å²) in [7, 11) is 0. The molecule has 0 spiro atoms. The molecule has 0 aromatic rings. The van der Waals surface area contributed by atoms with Crippen molar-refractivity contribution in [3.63, 3.8) is 0 Å². The van der Waals surface area contributed by atoms with E-state index in [1.807, 2.05) is 0 Å². The molecule has 11 heavy (non-hydrogen) atoms. The summed E-state index contributed by atoms with van der Waals surface area (Å²) < 4.78 is 5.52. The highest BCUT2D eigenvalue weighted by molar-refractivity contribution is 5.85. The first-order valence-electron chi connectivity index (χ1n) is 3.87. The van der Waals surface area contributed by atoms with Gasteiger partial charge in [0.25, 0.3) is 0 Å². The quantitative estimate of drug-likeness (QED) is 0.585. The third-order valence-corrected chi connectivity index (χ3v) is 2.41. The van der Waals surface area contributed by atoms with Gasteiger partial charge >= 0.3 is 0 Å². The summed E-state index contributed by atoms with van der Waals surface area (Å²) in [5.41, 5.74) is 0. The molecule has 66 valence electrons. The largest absolute Gasteiger partial charge is 0.394 e. The first-order chi connectivity index (χ1) is 4.90. The van der Waals surface area contributed by atoms with E-state index in [4.69, 9.17) is 9.84 Å². The van der Waals surface area contributed by atoms with Crippen LogP contribution in [0.15, 0.2) is 0 Å². The van der Waals surface area contributed by atoms with E-state index < -0.39 is 0 Å². The molecule has 0 saturated carbocycles. The highest BCUT2D eigenvalue weighted by atomic mass is 35.5. The third kappa shape index (κ3) is 1.67. The number of ether oxygens (including phenoxy) is 1. The first-order valence-corrected chi connectivity index (χ1v) is 3.87. The predicted octanol–water partition coefficient (Wildman–Crippen LogP) is -0.223. The van der Waals surface area contributed by atoms with Crippen molar-refractivity contribution in [2.45, 2.75) is 18.6 Å². The van der Waals surface area contributed by atoms with Crippen LogP contribution in [-0.4, -0.2) is 37.0 Å². The first kappa shape index (κ1) is 9.26. The van der Waals surface area contributed by atoms with Crippen LogP contribution in [0, 0.1) is 5.92 Å². The molecular formula is C7H14ClNO2. The minimum Gasteiger partial charge on any atom is -0.394 e. The monoisotopic (exact) mass is 179 g/mol. The van der Waals surface area contributed by atoms with Crippen molar-refractivity contribution in [3.05, 3.63) is 0 Å². The lowest BCUT2D eigenvalue weighted by Gasteiger charge is -2.07. The highest BCUT2D eigenvalue weighted by Gasteiger charge is 2.37. The maximum absolute atomic E-state index is 8.78. The van der Waals surface area contributed by atoms with E-state index in [1.165, 1.54) is 0 Å². The predicted molar refractivity (Wildman–Crippen MR) is 44.0 cm³/mol. The van der Waals surface area contributed by atoms with E-state index in [0.717, 1.165) is 19.5 Å². The van der Waals surface area contributed by atoms with Gasteiger partial charge in [0.1, 0.15) is 0 Å². The molecule has 2 rings (SSSR count). The van der Waals surface area contributed by atoms with Crippen LogP contribution >= 0.6 is 12.4 Å². The molecule has 2 N–H and O–H groups in total. The molecule has 2 saturated heterocycles. The molecule has 2 aliphatic heterocycles. The number of aliphatic hydroxyl groups excluding tert-OH is 1. The van der Waals surface area contributed by atoms with Crippen LogP contribution in [0.2, 0.25) is 0 Å². The summed E-state index contributed by atoms with van der Waals surface area (Å²) in [4.78, 5) is 0. The second-order valence-electron chi connectivity index (χ2n) is 3.13. The van der Waals surface area contributed by atoms with Crippen LogP contribution in [-0.2, 0) is 4.74 Å². The number of hydrogen-bond donors (Lipinski definition) is 2. The van der Waals surface area contributed by atoms with Crippen LogP contribution in [0.3, 0.4) is 0 Å². The molecule has 3 nitrogen and oxygen atoms in total. The zero-order valence-corrected chi connectivity index (χ0v) is 7.14. The Kier molecular flexibility index (Phi) is 3.13. The van der Waals surface area contributed by atoms with Crippen molar-refractivity contribution in [3.8, 4) is 0 Å². The fourth-order valence-electron chi connectivity index (χ4n) is 1.86. The second-order valence-corrected chi connectivity index (χ2v) is 3.13. The standard InChI is InChI=1S/C7H13NO2.ClH/c9-4-6-1-5-2-8-3-7(5)10-6;/h5-9H,1-4H2;1H/t5-,6-,7+;/m0./s1. The Labute approximate surface area is 72.5 Å². The molecule has 2 fully saturated rings. The van der Waals surface area contributed by atoms with Crippen LogP contribution in [0.4, 0.5) is 0 Å². The van der Waals surface area contributed by atoms with Gasteiger partial charge in [0.05, 0.1) is 18.8 Å². The topological polar surface area (TPSA) is 41.5 Å². The summed E-state index contributed by atoms with van der Waals surface area (Å²) in [5, 5.41) is 12.0. The molecule has 0 radical (unpaired) electrons. The number of halogens is 1. The Hall–Kier alpha value is 0.170. The van der Waals surface area contributed by atoms with Crippen LogP contribution < -0.4 is 5.32 Å². The molecule has 0 bridgehead atoms. The van der Waals surface area contributed by atoms with Gasteiger partial charge in [-0.1, -0.05) is 0 Å². The molecular weight excluding hydrogens is 166 g/mol. The summed E-state index contributed by atoms with van der Waals surface area (Å²) in [6, 6.07) is 0. The lowest BCUT2D eigenvalue weighted by Crippen LogP contribution is -2.20. The van der Waals surface area contributed by atoms with Gasteiger partial charge in [-0.05, 0) is 6.42 Å². The summed E-state index contributed by atoms with van der Waals surface area (Å²) in [6.07, 6.45) is 1.54. The van der Waals surface area contributed by atoms with Gasteiger partial charge in [0.2, 0.25) is 0 Å². The number of aliphatic hydroxyl groups is 1. The molecule has 2 aliphatic rings. The van der Waals surface area contributed by atoms with Crippen molar-refractivity contribution in [1.29, 1.82) is 0 Å². The van der Waals surface area contributed by atoms with Gasteiger partial charge in [-0.3, -0.25) is 0 Å². The minimum atomic E-state index is 0. The highest BCUT2D eigenvalue weighted by Crippen LogP contribution is 2.28. The number of rotatable bonds is 1. The molecule has 0 unspecified atom stereocenters. The van der Waals surface area contributed by atoms with E-state index in [9.17, 15) is 0 Å². The Bertz CT molecular complexity index is 122. The van der Waals surface area contributed by atoms with E-state index in [-0.39, 0.29) is 25.1 Å². The fraction of sp³-hybridized carbons (Fsp3) is 1.00. The molecule has 2 heterocycles. The summed E-state index contributed by atoms with van der Waals surface area (Å²) in [6.45, 7) is 2.23. The SMILES string of the molecule is Cl.OC[C@@H]1C[C@H]2CNC[C@H]2O1. The summed E-state index contributed by atoms with van der Waals surface area (Å²) in [5.74, 6) is 0.664. The lowest BCUT2D eigenvalue weighted by atomic mass is 10.0. The van der Waals surface area contributed by atoms with Crippen molar-refractivity contribution in [2.24, 2.45) is 5.92 Å². The second kappa shape index (κ2) is 3.72. The molecule has 0 aromatic carbocycles. The van der Waals surface area contributed by atoms with Gasteiger partial charge in [-0.25, -0.2) is 0 Å². The van der Waals surface area contributed by atoms with E-state index >= 15 is 0 Å². The maximum atomic E-state index is 8.78. The molecule has 4 heteroatoms. The van der Waals surface area contributed by atoms with E-state index in [0.29, 0.717) is 12.0 Å². The van der Waals surface area contributed by atoms with Crippen LogP contribution in [0.5, 0.6) is 0 Å². The smallest absolute Gasteiger partial charge is 0.0814 e. The fourth-order valence-corrected chi connectivity index (χ4v) is 1.86. The van der Waals surface area contributed by atoms with E-state index in [1.54, 1.807) is 0 Å². The van der Waals surface area contributed by atoms with Crippen LogP contribution in [0.25, 0.3) is 0 Å². The maximum Gasteiger partial charge on any atom is 0.0814 e. The average Bonchev–Trinajstić information content (AvgIpc) is 2.42. The van der Waals surface area contributed by atoms with Gasteiger partial charge in [0.15, 0.2) is 0 Å². The Morgan fingerprint density at radius 3 is 2.91 bits per heavy atom. The van der Waals surface area contributed by atoms with Gasteiger partial charge < -0.3 is 15.2 Å². The Balaban J connectivity index is 0.000000605. The number of hydrogen-bond acceptors (Lipinski definition) is 3. The molecule has 0 aromatic heterocycles. The zero-order chi connectivity index (χ0) is 6.97. The minimum absolute atomic E-state index is 0. The molecule has 0 amide bonds. The zero-order valence-electron chi connectivity index (χ0n) is 6.32. The van der Waals surface area contributed by atoms with Crippen LogP contribution in [0.1, 0.15) is 6.42 Å². The van der Waals surface area contributed by atoms with Crippen molar-refractivity contribution >= 4 is 12.4 Å². The Morgan fingerprint density at radius 1 is 1.45 bits per heavy atom. The summed E-state index contributed by atoms with van der Waals surface area (Å²) >= 11 is 0. The molecule has 3 atom stereocenters. The number of nitrogens with one attached hydrogen (secondary N) is 1. The number of fused-ring (bicyclic) bond motifs is 1. The Morgan fingerprint density at radius 2 is 2.27 bits per heavy atom. The molecule has 0 aliphatic carbocycles. The van der Waals surface area contributed by atoms with Gasteiger partial charge in [0, 0.05) is 19.0 Å². The van der Waals surface area contributed by atoms with Crippen molar-refractivity contribution < 1.29 is 9.84 Å². The van der Waals surface area contributed by atoms with Crippen molar-refractivity contribution in [1.82, 2.24) is 5.32 Å².